The molecule has 1 aromatic heterocycles. The molecule has 3 aromatic rings. The van der Waals surface area contributed by atoms with Gasteiger partial charge < -0.3 is 14.8 Å². The number of rotatable bonds is 5. The third kappa shape index (κ3) is 5.63. The number of fused-ring (bicyclic) bond motifs is 1. The first kappa shape index (κ1) is 27.8. The van der Waals surface area contributed by atoms with Gasteiger partial charge in [0.1, 0.15) is 18.8 Å². The second kappa shape index (κ2) is 10.2. The van der Waals surface area contributed by atoms with E-state index in [1.165, 1.54) is 19.9 Å². The fraction of sp³-hybridized carbons (Fsp3) is 0.393. The Morgan fingerprint density at radius 1 is 1.16 bits per heavy atom. The van der Waals surface area contributed by atoms with Crippen LogP contribution in [0.25, 0.3) is 16.5 Å². The van der Waals surface area contributed by atoms with Gasteiger partial charge in [0.15, 0.2) is 0 Å². The summed E-state index contributed by atoms with van der Waals surface area (Å²) in [5.41, 5.74) is 2.46. The maximum absolute atomic E-state index is 13.5. The Balaban J connectivity index is 1.83. The van der Waals surface area contributed by atoms with Gasteiger partial charge in [0.25, 0.3) is 0 Å². The molecular formula is C28H32F3N4O2P. The second-order valence-electron chi connectivity index (χ2n) is 10.2. The third-order valence-electron chi connectivity index (χ3n) is 7.01. The van der Waals surface area contributed by atoms with Crippen LogP contribution in [0.4, 0.5) is 19.0 Å². The summed E-state index contributed by atoms with van der Waals surface area (Å²) in [6.45, 7) is 11.0. The minimum absolute atomic E-state index is 0.00456. The fourth-order valence-corrected chi connectivity index (χ4v) is 6.23. The van der Waals surface area contributed by atoms with Gasteiger partial charge in [-0.25, -0.2) is 9.97 Å². The van der Waals surface area contributed by atoms with Crippen molar-refractivity contribution in [2.75, 3.05) is 31.7 Å². The molecule has 4 rings (SSSR count). The summed E-state index contributed by atoms with van der Waals surface area (Å²) >= 11 is 0. The van der Waals surface area contributed by atoms with Crippen molar-refractivity contribution >= 4 is 40.6 Å². The number of carbonyl (C=O) groups is 1. The number of anilines is 1. The van der Waals surface area contributed by atoms with Crippen molar-refractivity contribution in [2.45, 2.75) is 46.3 Å². The summed E-state index contributed by atoms with van der Waals surface area (Å²) < 4.78 is 53.9. The Morgan fingerprint density at radius 2 is 1.87 bits per heavy atom. The first-order valence-electron chi connectivity index (χ1n) is 12.4. The fourth-order valence-electron chi connectivity index (χ4n) is 5.01. The third-order valence-corrected chi connectivity index (χ3v) is 8.54. The number of benzene rings is 2. The van der Waals surface area contributed by atoms with Gasteiger partial charge in [-0.15, -0.1) is 0 Å². The Kier molecular flexibility index (Phi) is 7.45. The lowest BCUT2D eigenvalue weighted by Gasteiger charge is -2.27. The van der Waals surface area contributed by atoms with E-state index in [4.69, 9.17) is 0 Å². The first-order chi connectivity index (χ1) is 17.7. The zero-order chi connectivity index (χ0) is 28.0. The van der Waals surface area contributed by atoms with Crippen LogP contribution in [0.2, 0.25) is 0 Å². The van der Waals surface area contributed by atoms with Crippen molar-refractivity contribution in [2.24, 2.45) is 0 Å². The summed E-state index contributed by atoms with van der Waals surface area (Å²) in [5.74, 6) is 0.987. The molecule has 1 amide bonds. The molecule has 0 saturated heterocycles. The summed E-state index contributed by atoms with van der Waals surface area (Å²) in [4.78, 5) is 22.7. The molecule has 0 bridgehead atoms. The molecule has 38 heavy (non-hydrogen) atoms. The normalized spacial score (nSPS) is 15.4. The van der Waals surface area contributed by atoms with Gasteiger partial charge in [0, 0.05) is 30.7 Å². The smallest absolute Gasteiger partial charge is 0.363 e. The molecule has 1 aliphatic heterocycles. The van der Waals surface area contributed by atoms with Gasteiger partial charge >= 0.3 is 6.18 Å². The highest BCUT2D eigenvalue weighted by Crippen LogP contribution is 2.41. The zero-order valence-corrected chi connectivity index (χ0v) is 23.3. The van der Waals surface area contributed by atoms with E-state index in [1.54, 1.807) is 38.1 Å². The molecule has 2 heterocycles. The van der Waals surface area contributed by atoms with Crippen LogP contribution in [0.15, 0.2) is 36.4 Å². The van der Waals surface area contributed by atoms with Crippen molar-refractivity contribution in [1.82, 2.24) is 14.9 Å². The minimum atomic E-state index is -4.44. The Bertz CT molecular complexity index is 1490. The molecule has 10 heteroatoms. The molecule has 2 aromatic carbocycles. The molecule has 1 N–H and O–H groups in total. The maximum atomic E-state index is 13.5. The number of nitrogens with zero attached hydrogens (tertiary/aromatic N) is 3. The van der Waals surface area contributed by atoms with Crippen LogP contribution in [0.1, 0.15) is 54.4 Å². The van der Waals surface area contributed by atoms with Crippen LogP contribution in [-0.4, -0.2) is 47.2 Å². The van der Waals surface area contributed by atoms with Gasteiger partial charge in [-0.05, 0) is 81.0 Å². The van der Waals surface area contributed by atoms with Gasteiger partial charge in [-0.1, -0.05) is 18.2 Å². The lowest BCUT2D eigenvalue weighted by molar-refractivity contribution is -0.138. The van der Waals surface area contributed by atoms with Crippen LogP contribution in [0.3, 0.4) is 0 Å². The second-order valence-corrected chi connectivity index (χ2v) is 13.4. The van der Waals surface area contributed by atoms with E-state index < -0.39 is 24.9 Å². The number of carbonyl (C=O) groups excluding carboxylic acids is 1. The summed E-state index contributed by atoms with van der Waals surface area (Å²) in [5, 5.41) is 4.71. The molecule has 0 radical (unpaired) electrons. The zero-order valence-electron chi connectivity index (χ0n) is 22.4. The van der Waals surface area contributed by atoms with Gasteiger partial charge in [-0.3, -0.25) is 4.79 Å². The van der Waals surface area contributed by atoms with Crippen LogP contribution < -0.4 is 10.6 Å². The summed E-state index contributed by atoms with van der Waals surface area (Å²) in [6, 6.07) is 7.47. The molecule has 1 unspecified atom stereocenters. The van der Waals surface area contributed by atoms with Crippen molar-refractivity contribution in [3.8, 4) is 0 Å². The SMILES string of the molecule is CC(=O)N1CC=C(c2cc3c(NC(C)c4cccc(C(F)(F)F)c4C)nc(C)nc3cc2P(C)(C)=O)CC1. The van der Waals surface area contributed by atoms with E-state index >= 15 is 0 Å². The van der Waals surface area contributed by atoms with Gasteiger partial charge in [0.05, 0.1) is 17.1 Å². The van der Waals surface area contributed by atoms with Crippen LogP contribution in [-0.2, 0) is 15.5 Å². The van der Waals surface area contributed by atoms with Crippen molar-refractivity contribution in [3.05, 3.63) is 64.5 Å². The van der Waals surface area contributed by atoms with E-state index in [0.717, 1.165) is 17.2 Å². The Hall–Kier alpha value is -3.19. The lowest BCUT2D eigenvalue weighted by atomic mass is 9.96. The molecule has 1 aliphatic rings. The summed E-state index contributed by atoms with van der Waals surface area (Å²) in [6.07, 6.45) is -1.83. The van der Waals surface area contributed by atoms with E-state index in [9.17, 15) is 22.5 Å². The van der Waals surface area contributed by atoms with Gasteiger partial charge in [0.2, 0.25) is 5.91 Å². The predicted molar refractivity (Wildman–Crippen MR) is 146 cm³/mol. The van der Waals surface area contributed by atoms with E-state index in [0.29, 0.717) is 52.9 Å². The van der Waals surface area contributed by atoms with Crippen LogP contribution in [0, 0.1) is 13.8 Å². The van der Waals surface area contributed by atoms with Crippen molar-refractivity contribution < 1.29 is 22.5 Å². The quantitative estimate of drug-likeness (QED) is 0.381. The number of nitrogens with one attached hydrogen (secondary N) is 1. The van der Waals surface area contributed by atoms with Gasteiger partial charge in [-0.2, -0.15) is 13.2 Å². The van der Waals surface area contributed by atoms with Crippen molar-refractivity contribution in [3.63, 3.8) is 0 Å². The number of amides is 1. The highest BCUT2D eigenvalue weighted by Gasteiger charge is 2.33. The number of hydrogen-bond donors (Lipinski definition) is 1. The van der Waals surface area contributed by atoms with Crippen molar-refractivity contribution in [1.29, 1.82) is 0 Å². The monoisotopic (exact) mass is 544 g/mol. The Morgan fingerprint density at radius 3 is 2.45 bits per heavy atom. The number of aryl methyl sites for hydroxylation is 1. The van der Waals surface area contributed by atoms with E-state index in [2.05, 4.69) is 15.3 Å². The van der Waals surface area contributed by atoms with E-state index in [1.807, 2.05) is 18.2 Å². The molecular weight excluding hydrogens is 512 g/mol. The van der Waals surface area contributed by atoms with Crippen LogP contribution in [0.5, 0.6) is 0 Å². The number of aromatic nitrogens is 2. The summed E-state index contributed by atoms with van der Waals surface area (Å²) in [7, 11) is -2.70. The molecule has 0 spiro atoms. The molecule has 202 valence electrons. The molecule has 0 aliphatic carbocycles. The number of halogens is 3. The van der Waals surface area contributed by atoms with Crippen LogP contribution >= 0.6 is 7.14 Å². The molecule has 1 atom stereocenters. The highest BCUT2D eigenvalue weighted by atomic mass is 31.2. The minimum Gasteiger partial charge on any atom is -0.363 e. The first-order valence-corrected chi connectivity index (χ1v) is 15.0. The van der Waals surface area contributed by atoms with E-state index in [-0.39, 0.29) is 11.5 Å². The highest BCUT2D eigenvalue weighted by molar-refractivity contribution is 7.70. The predicted octanol–water partition coefficient (Wildman–Crippen LogP) is 6.32. The lowest BCUT2D eigenvalue weighted by Crippen LogP contribution is -2.33. The number of alkyl halides is 3. The standard InChI is InChI=1S/C28H32F3N4O2P/c1-16-21(8-7-9-24(16)28(29,30)31)17(2)32-27-23-14-22(20-10-12-35(13-11-20)19(4)36)26(38(5,6)37)15-25(23)33-18(3)34-27/h7-10,14-15,17H,11-13H2,1-6H3,(H,32,33,34). The Labute approximate surface area is 220 Å². The molecule has 6 nitrogen and oxygen atoms in total. The topological polar surface area (TPSA) is 75.2 Å². The number of hydrogen-bond acceptors (Lipinski definition) is 5. The average Bonchev–Trinajstić information content (AvgIpc) is 2.82. The molecule has 0 fully saturated rings. The average molecular weight is 545 g/mol. The maximum Gasteiger partial charge on any atom is 0.416 e. The molecule has 0 saturated carbocycles. The largest absolute Gasteiger partial charge is 0.416 e.